The maximum atomic E-state index is 13.0. The summed E-state index contributed by atoms with van der Waals surface area (Å²) in [7, 11) is 0. The van der Waals surface area contributed by atoms with Gasteiger partial charge in [0.25, 0.3) is 5.91 Å². The smallest absolute Gasteiger partial charge is 0.253 e. The standard InChI is InChI=1S/C20H19BrFN3O2/c21-17-5-1-14(2-6-17)13-23-24-19(26)15-9-11-25(12-10-15)20(27)16-3-7-18(22)8-4-16/h1-8,13,15H,9-12H2,(H,24,26)/b23-13-. The lowest BCUT2D eigenvalue weighted by molar-refractivity contribution is -0.126. The highest BCUT2D eigenvalue weighted by molar-refractivity contribution is 9.10. The van der Waals surface area contributed by atoms with Gasteiger partial charge in [0, 0.05) is 29.0 Å². The van der Waals surface area contributed by atoms with Crippen LogP contribution in [0.25, 0.3) is 0 Å². The van der Waals surface area contributed by atoms with Gasteiger partial charge < -0.3 is 4.90 Å². The first-order valence-corrected chi connectivity index (χ1v) is 9.45. The van der Waals surface area contributed by atoms with Gasteiger partial charge in [0.2, 0.25) is 5.91 Å². The van der Waals surface area contributed by atoms with Crippen molar-refractivity contribution >= 4 is 34.0 Å². The zero-order valence-electron chi connectivity index (χ0n) is 14.6. The third-order valence-electron chi connectivity index (χ3n) is 4.50. The van der Waals surface area contributed by atoms with Gasteiger partial charge in [-0.25, -0.2) is 9.82 Å². The van der Waals surface area contributed by atoms with Crippen LogP contribution in [0, 0.1) is 11.7 Å². The molecular formula is C20H19BrFN3O2. The molecule has 0 bridgehead atoms. The average molecular weight is 432 g/mol. The minimum Gasteiger partial charge on any atom is -0.339 e. The number of halogens is 2. The van der Waals surface area contributed by atoms with Crippen molar-refractivity contribution in [3.63, 3.8) is 0 Å². The number of likely N-dealkylation sites (tertiary alicyclic amines) is 1. The molecule has 7 heteroatoms. The van der Waals surface area contributed by atoms with Crippen LogP contribution in [-0.2, 0) is 4.79 Å². The normalized spacial score (nSPS) is 15.1. The highest BCUT2D eigenvalue weighted by Gasteiger charge is 2.27. The predicted molar refractivity (Wildman–Crippen MR) is 105 cm³/mol. The predicted octanol–water partition coefficient (Wildman–Crippen LogP) is 3.59. The van der Waals surface area contributed by atoms with E-state index >= 15 is 0 Å². The molecule has 2 aromatic rings. The molecule has 140 valence electrons. The number of nitrogens with one attached hydrogen (secondary N) is 1. The molecule has 1 aliphatic rings. The van der Waals surface area contributed by atoms with Crippen LogP contribution in [0.3, 0.4) is 0 Å². The second-order valence-corrected chi connectivity index (χ2v) is 7.27. The number of rotatable bonds is 4. The fourth-order valence-corrected chi connectivity index (χ4v) is 3.19. The van der Waals surface area contributed by atoms with Gasteiger partial charge >= 0.3 is 0 Å². The molecule has 1 N–H and O–H groups in total. The van der Waals surface area contributed by atoms with Crippen molar-refractivity contribution in [2.75, 3.05) is 13.1 Å². The summed E-state index contributed by atoms with van der Waals surface area (Å²) in [5.74, 6) is -0.825. The third kappa shape index (κ3) is 5.23. The second kappa shape index (κ2) is 8.90. The van der Waals surface area contributed by atoms with Gasteiger partial charge in [-0.05, 0) is 54.8 Å². The van der Waals surface area contributed by atoms with Crippen molar-refractivity contribution in [3.8, 4) is 0 Å². The van der Waals surface area contributed by atoms with Crippen LogP contribution in [0.1, 0.15) is 28.8 Å². The molecule has 5 nitrogen and oxygen atoms in total. The van der Waals surface area contributed by atoms with Crippen molar-refractivity contribution in [1.82, 2.24) is 10.3 Å². The molecule has 1 saturated heterocycles. The maximum absolute atomic E-state index is 13.0. The lowest BCUT2D eigenvalue weighted by atomic mass is 9.95. The molecule has 0 saturated carbocycles. The molecule has 27 heavy (non-hydrogen) atoms. The van der Waals surface area contributed by atoms with Gasteiger partial charge in [0.1, 0.15) is 5.82 Å². The number of piperidine rings is 1. The summed E-state index contributed by atoms with van der Waals surface area (Å²) in [4.78, 5) is 26.4. The summed E-state index contributed by atoms with van der Waals surface area (Å²) >= 11 is 3.36. The van der Waals surface area contributed by atoms with Gasteiger partial charge in [0.15, 0.2) is 0 Å². The van der Waals surface area contributed by atoms with Gasteiger partial charge in [-0.15, -0.1) is 0 Å². The van der Waals surface area contributed by atoms with E-state index in [9.17, 15) is 14.0 Å². The highest BCUT2D eigenvalue weighted by atomic mass is 79.9. The summed E-state index contributed by atoms with van der Waals surface area (Å²) in [6.45, 7) is 0.982. The first-order valence-electron chi connectivity index (χ1n) is 8.66. The van der Waals surface area contributed by atoms with E-state index in [1.165, 1.54) is 24.3 Å². The summed E-state index contributed by atoms with van der Waals surface area (Å²) in [5, 5.41) is 4.00. The zero-order valence-corrected chi connectivity index (χ0v) is 16.2. The van der Waals surface area contributed by atoms with E-state index in [1.54, 1.807) is 11.1 Å². The van der Waals surface area contributed by atoms with Crippen LogP contribution < -0.4 is 5.43 Å². The van der Waals surface area contributed by atoms with Crippen molar-refractivity contribution in [1.29, 1.82) is 0 Å². The molecule has 2 amide bonds. The Bertz CT molecular complexity index is 829. The Hall–Kier alpha value is -2.54. The van der Waals surface area contributed by atoms with Crippen molar-refractivity contribution in [2.24, 2.45) is 11.0 Å². The Morgan fingerprint density at radius 1 is 1.07 bits per heavy atom. The summed E-state index contributed by atoms with van der Waals surface area (Å²) in [6.07, 6.45) is 2.75. The molecule has 0 aliphatic carbocycles. The molecule has 3 rings (SSSR count). The molecule has 0 aromatic heterocycles. The van der Waals surface area contributed by atoms with Crippen LogP contribution in [0.15, 0.2) is 58.1 Å². The Labute approximate surface area is 165 Å². The number of nitrogens with zero attached hydrogens (tertiary/aromatic N) is 2. The van der Waals surface area contributed by atoms with Gasteiger partial charge in [-0.2, -0.15) is 5.10 Å². The van der Waals surface area contributed by atoms with E-state index in [-0.39, 0.29) is 23.5 Å². The SMILES string of the molecule is O=C(N/N=C\c1ccc(Br)cc1)C1CCN(C(=O)c2ccc(F)cc2)CC1. The lowest BCUT2D eigenvalue weighted by Crippen LogP contribution is -2.42. The zero-order chi connectivity index (χ0) is 19.2. The molecule has 1 heterocycles. The van der Waals surface area contributed by atoms with Gasteiger partial charge in [-0.3, -0.25) is 9.59 Å². The number of hydrazone groups is 1. The van der Waals surface area contributed by atoms with E-state index < -0.39 is 0 Å². The van der Waals surface area contributed by atoms with E-state index in [1.807, 2.05) is 24.3 Å². The molecule has 0 unspecified atom stereocenters. The topological polar surface area (TPSA) is 61.8 Å². The van der Waals surface area contributed by atoms with Crippen molar-refractivity contribution in [3.05, 3.63) is 69.9 Å². The van der Waals surface area contributed by atoms with Crippen LogP contribution in [0.5, 0.6) is 0 Å². The molecule has 1 aliphatic heterocycles. The maximum Gasteiger partial charge on any atom is 0.253 e. The van der Waals surface area contributed by atoms with Crippen LogP contribution in [0.2, 0.25) is 0 Å². The highest BCUT2D eigenvalue weighted by Crippen LogP contribution is 2.19. The monoisotopic (exact) mass is 431 g/mol. The number of carbonyl (C=O) groups excluding carboxylic acids is 2. The molecule has 0 atom stereocenters. The fraction of sp³-hybridized carbons (Fsp3) is 0.250. The molecule has 0 radical (unpaired) electrons. The molecule has 1 fully saturated rings. The fourth-order valence-electron chi connectivity index (χ4n) is 2.93. The number of hydrogen-bond donors (Lipinski definition) is 1. The summed E-state index contributed by atoms with van der Waals surface area (Å²) in [6, 6.07) is 13.1. The van der Waals surface area contributed by atoms with Crippen LogP contribution in [-0.4, -0.2) is 36.0 Å². The largest absolute Gasteiger partial charge is 0.339 e. The van der Waals surface area contributed by atoms with Crippen molar-refractivity contribution in [2.45, 2.75) is 12.8 Å². The Morgan fingerprint density at radius 2 is 1.70 bits per heavy atom. The van der Waals surface area contributed by atoms with Crippen molar-refractivity contribution < 1.29 is 14.0 Å². The van der Waals surface area contributed by atoms with E-state index in [4.69, 9.17) is 0 Å². The Balaban J connectivity index is 1.48. The number of amides is 2. The lowest BCUT2D eigenvalue weighted by Gasteiger charge is -2.31. The Kier molecular flexibility index (Phi) is 6.34. The minimum atomic E-state index is -0.370. The molecule has 2 aromatic carbocycles. The molecular weight excluding hydrogens is 413 g/mol. The van der Waals surface area contributed by atoms with E-state index in [0.717, 1.165) is 10.0 Å². The van der Waals surface area contributed by atoms with Crippen LogP contribution >= 0.6 is 15.9 Å². The second-order valence-electron chi connectivity index (χ2n) is 6.36. The van der Waals surface area contributed by atoms with Gasteiger partial charge in [0.05, 0.1) is 6.21 Å². The number of benzene rings is 2. The number of carbonyl (C=O) groups is 2. The van der Waals surface area contributed by atoms with E-state index in [0.29, 0.717) is 31.5 Å². The van der Waals surface area contributed by atoms with Gasteiger partial charge in [-0.1, -0.05) is 28.1 Å². The van der Waals surface area contributed by atoms with E-state index in [2.05, 4.69) is 26.5 Å². The summed E-state index contributed by atoms with van der Waals surface area (Å²) in [5.41, 5.74) is 3.92. The Morgan fingerprint density at radius 3 is 2.33 bits per heavy atom. The van der Waals surface area contributed by atoms with Crippen LogP contribution in [0.4, 0.5) is 4.39 Å². The number of hydrogen-bond acceptors (Lipinski definition) is 3. The first-order chi connectivity index (χ1) is 13.0. The summed E-state index contributed by atoms with van der Waals surface area (Å²) < 4.78 is 14.0. The quantitative estimate of drug-likeness (QED) is 0.593. The average Bonchev–Trinajstić information content (AvgIpc) is 2.69. The molecule has 0 spiro atoms. The third-order valence-corrected chi connectivity index (χ3v) is 5.03. The minimum absolute atomic E-state index is 0.137. The first kappa shape index (κ1) is 19.2.